The lowest BCUT2D eigenvalue weighted by molar-refractivity contribution is 0.227. The molecule has 44 valence electrons. The highest BCUT2D eigenvalue weighted by atomic mass is 16.3. The Morgan fingerprint density at radius 3 is 2.29 bits per heavy atom. The lowest BCUT2D eigenvalue weighted by atomic mass is 10.6. The minimum Gasteiger partial charge on any atom is -0.395 e. The molecule has 0 amide bonds. The molecule has 0 saturated carbocycles. The molecule has 0 aliphatic rings. The minimum absolute atomic E-state index is 0.268. The summed E-state index contributed by atoms with van der Waals surface area (Å²) in [7, 11) is 1.98. The Bertz CT molecular complexity index is 39.1. The summed E-state index contributed by atoms with van der Waals surface area (Å²) in [4.78, 5) is 2.06. The zero-order chi connectivity index (χ0) is 5.70. The fraction of sp³-hybridized carbons (Fsp3) is 1.00. The van der Waals surface area contributed by atoms with E-state index in [1.165, 1.54) is 0 Å². The molecular formula is C5H13NO. The van der Waals surface area contributed by atoms with Crippen LogP contribution in [0, 0.1) is 0 Å². The van der Waals surface area contributed by atoms with Crippen molar-refractivity contribution in [3.63, 3.8) is 0 Å². The zero-order valence-electron chi connectivity index (χ0n) is 5.02. The predicted octanol–water partition coefficient (Wildman–Crippen LogP) is -0.0696. The van der Waals surface area contributed by atoms with E-state index in [4.69, 9.17) is 5.11 Å². The van der Waals surface area contributed by atoms with E-state index in [-0.39, 0.29) is 6.61 Å². The van der Waals surface area contributed by atoms with Gasteiger partial charge in [0.05, 0.1) is 6.61 Å². The van der Waals surface area contributed by atoms with E-state index in [2.05, 4.69) is 11.8 Å². The molecule has 0 aromatic heterocycles. The average molecular weight is 103 g/mol. The molecule has 0 bridgehead atoms. The Labute approximate surface area is 44.8 Å². The van der Waals surface area contributed by atoms with Crippen LogP contribution in [0.1, 0.15) is 6.92 Å². The molecule has 0 unspecified atom stereocenters. The number of nitrogens with zero attached hydrogens (tertiary/aromatic N) is 1. The monoisotopic (exact) mass is 103 g/mol. The Kier molecular flexibility index (Phi) is 4.04. The Morgan fingerprint density at radius 1 is 1.57 bits per heavy atom. The lowest BCUT2D eigenvalue weighted by Gasteiger charge is -2.09. The largest absolute Gasteiger partial charge is 0.395 e. The molecule has 0 fully saturated rings. The summed E-state index contributed by atoms with van der Waals surface area (Å²) in [5.74, 6) is 0. The lowest BCUT2D eigenvalue weighted by Crippen LogP contribution is -2.20. The number of aliphatic hydroxyl groups excluding tert-OH is 1. The van der Waals surface area contributed by atoms with Crippen LogP contribution < -0.4 is 0 Å². The second kappa shape index (κ2) is 4.09. The minimum atomic E-state index is 0.268. The average Bonchev–Trinajstić information content (AvgIpc) is 1.68. The Balaban J connectivity index is 2.83. The van der Waals surface area contributed by atoms with Gasteiger partial charge in [0.15, 0.2) is 0 Å². The van der Waals surface area contributed by atoms with Gasteiger partial charge in [0, 0.05) is 6.54 Å². The van der Waals surface area contributed by atoms with Crippen molar-refractivity contribution >= 4 is 0 Å². The van der Waals surface area contributed by atoms with Crippen molar-refractivity contribution in [1.29, 1.82) is 0 Å². The number of aliphatic hydroxyl groups is 1. The third-order valence-electron chi connectivity index (χ3n) is 1.02. The van der Waals surface area contributed by atoms with Crippen LogP contribution in [0.25, 0.3) is 0 Å². The van der Waals surface area contributed by atoms with Gasteiger partial charge >= 0.3 is 0 Å². The maximum Gasteiger partial charge on any atom is 0.0558 e. The van der Waals surface area contributed by atoms with Crippen LogP contribution >= 0.6 is 0 Å². The summed E-state index contributed by atoms with van der Waals surface area (Å²) in [6.07, 6.45) is 0. The molecule has 0 spiro atoms. The summed E-state index contributed by atoms with van der Waals surface area (Å²) in [6.45, 7) is 4.14. The van der Waals surface area contributed by atoms with Gasteiger partial charge < -0.3 is 10.0 Å². The van der Waals surface area contributed by atoms with Gasteiger partial charge in [-0.05, 0) is 13.6 Å². The maximum atomic E-state index is 8.33. The predicted molar refractivity (Wildman–Crippen MR) is 30.3 cm³/mol. The van der Waals surface area contributed by atoms with Gasteiger partial charge in [0.2, 0.25) is 0 Å². The molecule has 0 aromatic carbocycles. The molecule has 0 aliphatic heterocycles. The number of likely N-dealkylation sites (N-methyl/N-ethyl adjacent to an activating group) is 1. The molecule has 0 radical (unpaired) electrons. The van der Waals surface area contributed by atoms with Crippen LogP contribution in [0.3, 0.4) is 0 Å². The van der Waals surface area contributed by atoms with Crippen LogP contribution in [0.4, 0.5) is 0 Å². The summed E-state index contributed by atoms with van der Waals surface area (Å²) in [5, 5.41) is 8.33. The van der Waals surface area contributed by atoms with Crippen LogP contribution in [0.2, 0.25) is 0 Å². The molecule has 0 aliphatic carbocycles. The highest BCUT2D eigenvalue weighted by molar-refractivity contribution is 4.41. The third-order valence-corrected chi connectivity index (χ3v) is 1.02. The van der Waals surface area contributed by atoms with Gasteiger partial charge in [-0.2, -0.15) is 0 Å². The molecule has 0 aromatic rings. The van der Waals surface area contributed by atoms with E-state index in [0.29, 0.717) is 0 Å². The van der Waals surface area contributed by atoms with Crippen molar-refractivity contribution in [3.05, 3.63) is 0 Å². The van der Waals surface area contributed by atoms with E-state index >= 15 is 0 Å². The first-order valence-corrected chi connectivity index (χ1v) is 2.60. The second-order valence-electron chi connectivity index (χ2n) is 1.62. The van der Waals surface area contributed by atoms with E-state index in [1.807, 2.05) is 7.05 Å². The SMILES string of the molecule is CCN(C)CCO. The molecule has 2 heteroatoms. The first-order chi connectivity index (χ1) is 3.31. The van der Waals surface area contributed by atoms with Crippen molar-refractivity contribution in [2.24, 2.45) is 0 Å². The molecular weight excluding hydrogens is 90.1 g/mol. The Morgan fingerprint density at radius 2 is 2.14 bits per heavy atom. The standard InChI is InChI=1S/C5H13NO/c1-3-6(2)4-5-7/h7H,3-5H2,1-2H3. The topological polar surface area (TPSA) is 23.5 Å². The smallest absolute Gasteiger partial charge is 0.0558 e. The summed E-state index contributed by atoms with van der Waals surface area (Å²) < 4.78 is 0. The van der Waals surface area contributed by atoms with Crippen LogP contribution in [-0.4, -0.2) is 36.8 Å². The van der Waals surface area contributed by atoms with Gasteiger partial charge in [0.25, 0.3) is 0 Å². The zero-order valence-corrected chi connectivity index (χ0v) is 5.02. The second-order valence-corrected chi connectivity index (χ2v) is 1.62. The number of hydrogen-bond donors (Lipinski definition) is 1. The molecule has 1 N–H and O–H groups in total. The molecule has 0 saturated heterocycles. The first-order valence-electron chi connectivity index (χ1n) is 2.60. The molecule has 7 heavy (non-hydrogen) atoms. The van der Waals surface area contributed by atoms with Gasteiger partial charge in [-0.25, -0.2) is 0 Å². The quantitative estimate of drug-likeness (QED) is 0.540. The molecule has 2 nitrogen and oxygen atoms in total. The fourth-order valence-corrected chi connectivity index (χ4v) is 0.329. The van der Waals surface area contributed by atoms with Crippen LogP contribution in [0.15, 0.2) is 0 Å². The van der Waals surface area contributed by atoms with E-state index in [0.717, 1.165) is 13.1 Å². The van der Waals surface area contributed by atoms with Crippen molar-refractivity contribution in [2.75, 3.05) is 26.7 Å². The van der Waals surface area contributed by atoms with E-state index < -0.39 is 0 Å². The molecule has 0 atom stereocenters. The molecule has 0 heterocycles. The fourth-order valence-electron chi connectivity index (χ4n) is 0.329. The van der Waals surface area contributed by atoms with Gasteiger partial charge in [-0.1, -0.05) is 6.92 Å². The number of hydrogen-bond acceptors (Lipinski definition) is 2. The molecule has 0 rings (SSSR count). The van der Waals surface area contributed by atoms with Gasteiger partial charge in [0.1, 0.15) is 0 Å². The maximum absolute atomic E-state index is 8.33. The summed E-state index contributed by atoms with van der Waals surface area (Å²) >= 11 is 0. The number of rotatable bonds is 3. The highest BCUT2D eigenvalue weighted by Crippen LogP contribution is 1.75. The van der Waals surface area contributed by atoms with Crippen molar-refractivity contribution in [1.82, 2.24) is 4.90 Å². The van der Waals surface area contributed by atoms with Crippen molar-refractivity contribution in [2.45, 2.75) is 6.92 Å². The van der Waals surface area contributed by atoms with E-state index in [1.54, 1.807) is 0 Å². The van der Waals surface area contributed by atoms with E-state index in [9.17, 15) is 0 Å². The summed E-state index contributed by atoms with van der Waals surface area (Å²) in [5.41, 5.74) is 0. The van der Waals surface area contributed by atoms with Gasteiger partial charge in [-0.3, -0.25) is 0 Å². The summed E-state index contributed by atoms with van der Waals surface area (Å²) in [6, 6.07) is 0. The normalized spacial score (nSPS) is 10.3. The Hall–Kier alpha value is -0.0800. The van der Waals surface area contributed by atoms with Crippen molar-refractivity contribution in [3.8, 4) is 0 Å². The van der Waals surface area contributed by atoms with Crippen molar-refractivity contribution < 1.29 is 5.11 Å². The highest BCUT2D eigenvalue weighted by Gasteiger charge is 1.87. The first kappa shape index (κ1) is 6.92. The van der Waals surface area contributed by atoms with Gasteiger partial charge in [-0.15, -0.1) is 0 Å². The third kappa shape index (κ3) is 3.76. The van der Waals surface area contributed by atoms with Crippen LogP contribution in [-0.2, 0) is 0 Å². The van der Waals surface area contributed by atoms with Crippen LogP contribution in [0.5, 0.6) is 0 Å².